The molecule has 1 aliphatic carbocycles. The van der Waals surface area contributed by atoms with Crippen LogP contribution >= 0.6 is 23.0 Å². The van der Waals surface area contributed by atoms with Crippen LogP contribution in [0.3, 0.4) is 0 Å². The standard InChI is InChI=1S/C15H21IO/c1-4-10(2)13-6-5-7-14(15(13)17-16)11(3)12-8-9-12/h5-7,10-12H,4,8-9H2,1-3H3/t10?,11-/m1/s1. The van der Waals surface area contributed by atoms with Gasteiger partial charge in [0.1, 0.15) is 5.75 Å². The topological polar surface area (TPSA) is 9.23 Å². The molecule has 0 amide bonds. The van der Waals surface area contributed by atoms with Gasteiger partial charge in [0.25, 0.3) is 0 Å². The number of para-hydroxylation sites is 1. The lowest BCUT2D eigenvalue weighted by Gasteiger charge is -2.19. The van der Waals surface area contributed by atoms with Crippen molar-refractivity contribution < 1.29 is 3.07 Å². The van der Waals surface area contributed by atoms with Gasteiger partial charge in [0.2, 0.25) is 0 Å². The van der Waals surface area contributed by atoms with Gasteiger partial charge < -0.3 is 3.07 Å². The lowest BCUT2D eigenvalue weighted by Crippen LogP contribution is -2.02. The zero-order valence-electron chi connectivity index (χ0n) is 10.9. The fraction of sp³-hybridized carbons (Fsp3) is 0.600. The Kier molecular flexibility index (Phi) is 4.34. The van der Waals surface area contributed by atoms with E-state index in [4.69, 9.17) is 3.07 Å². The third-order valence-corrected chi connectivity index (χ3v) is 4.56. The number of halogens is 1. The maximum Gasteiger partial charge on any atom is 0.192 e. The molecule has 1 unspecified atom stereocenters. The van der Waals surface area contributed by atoms with Crippen LogP contribution in [-0.2, 0) is 0 Å². The van der Waals surface area contributed by atoms with Gasteiger partial charge in [-0.2, -0.15) is 0 Å². The van der Waals surface area contributed by atoms with Crippen molar-refractivity contribution in [1.82, 2.24) is 0 Å². The summed E-state index contributed by atoms with van der Waals surface area (Å²) in [4.78, 5) is 0. The Morgan fingerprint density at radius 3 is 2.47 bits per heavy atom. The quantitative estimate of drug-likeness (QED) is 0.646. The molecule has 0 saturated heterocycles. The summed E-state index contributed by atoms with van der Waals surface area (Å²) in [6, 6.07) is 6.64. The first-order valence-corrected chi connectivity index (χ1v) is 7.48. The summed E-state index contributed by atoms with van der Waals surface area (Å²) < 4.78 is 5.67. The van der Waals surface area contributed by atoms with Gasteiger partial charge in [-0.3, -0.25) is 0 Å². The van der Waals surface area contributed by atoms with Crippen LogP contribution in [0, 0.1) is 5.92 Å². The highest BCUT2D eigenvalue weighted by atomic mass is 127. The van der Waals surface area contributed by atoms with E-state index in [2.05, 4.69) is 39.0 Å². The molecule has 1 saturated carbocycles. The first-order chi connectivity index (χ1) is 8.19. The van der Waals surface area contributed by atoms with Crippen LogP contribution in [0.15, 0.2) is 18.2 Å². The maximum absolute atomic E-state index is 5.67. The monoisotopic (exact) mass is 344 g/mol. The second-order valence-corrected chi connectivity index (χ2v) is 5.72. The Morgan fingerprint density at radius 1 is 1.29 bits per heavy atom. The Balaban J connectivity index is 2.37. The molecule has 0 aromatic heterocycles. The summed E-state index contributed by atoms with van der Waals surface area (Å²) in [7, 11) is 0. The summed E-state index contributed by atoms with van der Waals surface area (Å²) >= 11 is 2.03. The van der Waals surface area contributed by atoms with Crippen molar-refractivity contribution in [1.29, 1.82) is 0 Å². The smallest absolute Gasteiger partial charge is 0.192 e. The highest BCUT2D eigenvalue weighted by Crippen LogP contribution is 2.46. The van der Waals surface area contributed by atoms with Crippen molar-refractivity contribution in [3.8, 4) is 5.75 Å². The number of hydrogen-bond donors (Lipinski definition) is 0. The predicted octanol–water partition coefficient (Wildman–Crippen LogP) is 5.44. The van der Waals surface area contributed by atoms with Gasteiger partial charge in [0, 0.05) is 0 Å². The van der Waals surface area contributed by atoms with E-state index in [-0.39, 0.29) is 0 Å². The van der Waals surface area contributed by atoms with Crippen LogP contribution in [0.2, 0.25) is 0 Å². The van der Waals surface area contributed by atoms with Gasteiger partial charge in [-0.05, 0) is 48.1 Å². The highest BCUT2D eigenvalue weighted by molar-refractivity contribution is 14.1. The Hall–Kier alpha value is -0.250. The summed E-state index contributed by atoms with van der Waals surface area (Å²) in [6.45, 7) is 6.85. The van der Waals surface area contributed by atoms with Gasteiger partial charge in [0.15, 0.2) is 23.0 Å². The minimum absolute atomic E-state index is 0.575. The molecule has 2 atom stereocenters. The van der Waals surface area contributed by atoms with Gasteiger partial charge >= 0.3 is 0 Å². The van der Waals surface area contributed by atoms with Crippen LogP contribution in [0.5, 0.6) is 5.75 Å². The third-order valence-electron chi connectivity index (χ3n) is 4.12. The number of hydrogen-bond acceptors (Lipinski definition) is 1. The molecule has 1 aromatic rings. The van der Waals surface area contributed by atoms with Crippen molar-refractivity contribution in [3.63, 3.8) is 0 Å². The first kappa shape index (κ1) is 13.2. The van der Waals surface area contributed by atoms with Crippen LogP contribution in [-0.4, -0.2) is 0 Å². The lowest BCUT2D eigenvalue weighted by atomic mass is 9.89. The molecule has 1 fully saturated rings. The SMILES string of the molecule is CCC(C)c1cccc([C@H](C)C2CC2)c1OI. The lowest BCUT2D eigenvalue weighted by molar-refractivity contribution is 0.601. The molecule has 0 bridgehead atoms. The van der Waals surface area contributed by atoms with Crippen LogP contribution in [0.1, 0.15) is 63.0 Å². The second kappa shape index (κ2) is 5.59. The zero-order valence-corrected chi connectivity index (χ0v) is 13.0. The molecule has 1 nitrogen and oxygen atoms in total. The largest absolute Gasteiger partial charge is 0.427 e. The van der Waals surface area contributed by atoms with Crippen molar-refractivity contribution in [2.45, 2.75) is 51.9 Å². The van der Waals surface area contributed by atoms with E-state index in [0.717, 1.165) is 18.1 Å². The molecule has 94 valence electrons. The van der Waals surface area contributed by atoms with Crippen LogP contribution < -0.4 is 3.07 Å². The average Bonchev–Trinajstić information content (AvgIpc) is 3.20. The minimum Gasteiger partial charge on any atom is -0.427 e. The summed E-state index contributed by atoms with van der Waals surface area (Å²) in [6.07, 6.45) is 3.93. The van der Waals surface area contributed by atoms with E-state index in [9.17, 15) is 0 Å². The van der Waals surface area contributed by atoms with E-state index < -0.39 is 0 Å². The normalized spacial score (nSPS) is 18.8. The van der Waals surface area contributed by atoms with Crippen LogP contribution in [0.4, 0.5) is 0 Å². The molecule has 0 aliphatic heterocycles. The fourth-order valence-corrected chi connectivity index (χ4v) is 2.99. The summed E-state index contributed by atoms with van der Waals surface area (Å²) in [5.74, 6) is 3.23. The molecule has 2 heteroatoms. The first-order valence-electron chi connectivity index (χ1n) is 6.60. The van der Waals surface area contributed by atoms with Gasteiger partial charge in [-0.15, -0.1) is 0 Å². The number of rotatable bonds is 5. The molecule has 1 aromatic carbocycles. The summed E-state index contributed by atoms with van der Waals surface area (Å²) in [5.41, 5.74) is 2.77. The molecule has 0 spiro atoms. The molecule has 0 radical (unpaired) electrons. The predicted molar refractivity (Wildman–Crippen MR) is 80.9 cm³/mol. The Bertz CT molecular complexity index is 385. The third kappa shape index (κ3) is 2.78. The fourth-order valence-electron chi connectivity index (χ4n) is 2.48. The van der Waals surface area contributed by atoms with Gasteiger partial charge in [-0.25, -0.2) is 0 Å². The summed E-state index contributed by atoms with van der Waals surface area (Å²) in [5, 5.41) is 0. The van der Waals surface area contributed by atoms with E-state index in [1.807, 2.05) is 23.0 Å². The maximum atomic E-state index is 5.67. The molecule has 0 heterocycles. The van der Waals surface area contributed by atoms with E-state index >= 15 is 0 Å². The zero-order chi connectivity index (χ0) is 12.4. The molecular weight excluding hydrogens is 323 g/mol. The van der Waals surface area contributed by atoms with Crippen molar-refractivity contribution in [2.75, 3.05) is 0 Å². The second-order valence-electron chi connectivity index (χ2n) is 5.28. The van der Waals surface area contributed by atoms with E-state index in [1.165, 1.54) is 24.0 Å². The van der Waals surface area contributed by atoms with Crippen molar-refractivity contribution >= 4 is 23.0 Å². The van der Waals surface area contributed by atoms with E-state index in [1.54, 1.807) is 0 Å². The molecule has 1 aliphatic rings. The molecule has 2 rings (SSSR count). The number of benzene rings is 1. The van der Waals surface area contributed by atoms with Gasteiger partial charge in [-0.1, -0.05) is 39.0 Å². The van der Waals surface area contributed by atoms with Gasteiger partial charge in [0.05, 0.1) is 0 Å². The minimum atomic E-state index is 0.575. The Morgan fingerprint density at radius 2 is 1.94 bits per heavy atom. The average molecular weight is 344 g/mol. The highest BCUT2D eigenvalue weighted by Gasteiger charge is 2.31. The molecular formula is C15H21IO. The van der Waals surface area contributed by atoms with E-state index in [0.29, 0.717) is 11.8 Å². The molecule has 17 heavy (non-hydrogen) atoms. The molecule has 0 N–H and O–H groups in total. The van der Waals surface area contributed by atoms with Crippen molar-refractivity contribution in [3.05, 3.63) is 29.3 Å². The van der Waals surface area contributed by atoms with Crippen LogP contribution in [0.25, 0.3) is 0 Å². The van der Waals surface area contributed by atoms with Crippen molar-refractivity contribution in [2.24, 2.45) is 5.92 Å². The Labute approximate surface area is 119 Å².